The molecule has 3 heterocycles. The Bertz CT molecular complexity index is 1140. The smallest absolute Gasteiger partial charge is 0.407 e. The third kappa shape index (κ3) is 5.39. The van der Waals surface area contributed by atoms with E-state index in [-0.39, 0.29) is 25.6 Å². The Morgan fingerprint density at radius 3 is 2.75 bits per heavy atom. The SMILES string of the molecule is O=C1NCC(=O)N2C[C@@H](C[C@H]2C(=O)O)Oc2cc3ccccc3nc2CCCCC[C@@H]2CCC[C@H]2O1. The lowest BCUT2D eigenvalue weighted by atomic mass is 9.97. The highest BCUT2D eigenvalue weighted by Crippen LogP contribution is 2.33. The summed E-state index contributed by atoms with van der Waals surface area (Å²) in [5.74, 6) is -0.574. The zero-order valence-electron chi connectivity index (χ0n) is 20.4. The lowest BCUT2D eigenvalue weighted by Crippen LogP contribution is -2.46. The fourth-order valence-electron chi connectivity index (χ4n) is 5.78. The first kappa shape index (κ1) is 24.3. The molecule has 9 heteroatoms. The maximum atomic E-state index is 12.9. The number of amides is 2. The van der Waals surface area contributed by atoms with Crippen LogP contribution < -0.4 is 10.1 Å². The number of benzene rings is 1. The van der Waals surface area contributed by atoms with Gasteiger partial charge in [0.25, 0.3) is 0 Å². The largest absolute Gasteiger partial charge is 0.487 e. The summed E-state index contributed by atoms with van der Waals surface area (Å²) in [6.45, 7) is -0.182. The third-order valence-corrected chi connectivity index (χ3v) is 7.65. The lowest BCUT2D eigenvalue weighted by Gasteiger charge is -2.23. The van der Waals surface area contributed by atoms with Crippen LogP contribution in [-0.2, 0) is 20.7 Å². The van der Waals surface area contributed by atoms with Crippen LogP contribution in [0.5, 0.6) is 5.75 Å². The number of fused-ring (bicyclic) bond motifs is 5. The number of hydrogen-bond acceptors (Lipinski definition) is 6. The number of ether oxygens (including phenoxy) is 2. The van der Waals surface area contributed by atoms with Crippen LogP contribution in [0.2, 0.25) is 0 Å². The molecule has 1 saturated carbocycles. The van der Waals surface area contributed by atoms with Crippen molar-refractivity contribution in [2.75, 3.05) is 13.1 Å². The lowest BCUT2D eigenvalue weighted by molar-refractivity contribution is -0.147. The van der Waals surface area contributed by atoms with E-state index in [2.05, 4.69) is 5.32 Å². The average molecular weight is 496 g/mol. The number of carbonyl (C=O) groups excluding carboxylic acids is 2. The molecule has 0 unspecified atom stereocenters. The molecule has 1 aromatic carbocycles. The number of aliphatic carboxylic acids is 1. The van der Waals surface area contributed by atoms with Gasteiger partial charge < -0.3 is 24.8 Å². The Kier molecular flexibility index (Phi) is 7.25. The number of carboxylic acid groups (broad SMARTS) is 1. The van der Waals surface area contributed by atoms with E-state index in [1.165, 1.54) is 4.90 Å². The van der Waals surface area contributed by atoms with Gasteiger partial charge in [-0.3, -0.25) is 4.79 Å². The van der Waals surface area contributed by atoms with E-state index >= 15 is 0 Å². The van der Waals surface area contributed by atoms with E-state index in [0.717, 1.165) is 68.0 Å². The summed E-state index contributed by atoms with van der Waals surface area (Å²) < 4.78 is 12.0. The van der Waals surface area contributed by atoms with Crippen LogP contribution in [0.1, 0.15) is 57.1 Å². The second kappa shape index (κ2) is 10.7. The highest BCUT2D eigenvalue weighted by atomic mass is 16.6. The van der Waals surface area contributed by atoms with Crippen LogP contribution in [0.4, 0.5) is 4.79 Å². The van der Waals surface area contributed by atoms with E-state index in [0.29, 0.717) is 11.7 Å². The summed E-state index contributed by atoms with van der Waals surface area (Å²) in [4.78, 5) is 43.4. The number of carboxylic acids is 1. The molecule has 192 valence electrons. The van der Waals surface area contributed by atoms with Crippen LogP contribution in [0.3, 0.4) is 0 Å². The molecule has 2 aromatic rings. The Morgan fingerprint density at radius 2 is 1.89 bits per heavy atom. The molecule has 3 aliphatic rings. The molecule has 2 aliphatic heterocycles. The summed E-state index contributed by atoms with van der Waals surface area (Å²) in [5, 5.41) is 13.2. The number of nitrogens with one attached hydrogen (secondary N) is 1. The van der Waals surface area contributed by atoms with Gasteiger partial charge in [0.15, 0.2) is 0 Å². The number of alkyl carbamates (subject to hydrolysis) is 1. The second-order valence-corrected chi connectivity index (χ2v) is 10.1. The standard InChI is InChI=1S/C27H33N3O6/c31-25-15-28-27(34)36-23-12-6-9-17(23)7-2-1-3-11-21-24(13-18-8-4-5-10-20(18)29-21)35-19-14-22(26(32)33)30(25)16-19/h4-5,8,10,13,17,19,22-23H,1-3,6-7,9,11-12,14-16H2,(H,28,34)(H,32,33)/t17-,19-,22+,23-/m1/s1. The van der Waals surface area contributed by atoms with Gasteiger partial charge in [-0.25, -0.2) is 14.6 Å². The van der Waals surface area contributed by atoms with Crippen LogP contribution in [-0.4, -0.2) is 64.3 Å². The molecule has 1 aliphatic carbocycles. The Labute approximate surface area is 210 Å². The predicted octanol–water partition coefficient (Wildman–Crippen LogP) is 3.68. The van der Waals surface area contributed by atoms with Crippen LogP contribution in [0.15, 0.2) is 30.3 Å². The number of rotatable bonds is 1. The van der Waals surface area contributed by atoms with Crippen molar-refractivity contribution >= 4 is 28.9 Å². The molecular weight excluding hydrogens is 462 g/mol. The van der Waals surface area contributed by atoms with Crippen molar-refractivity contribution in [1.82, 2.24) is 15.2 Å². The summed E-state index contributed by atoms with van der Waals surface area (Å²) in [7, 11) is 0. The molecule has 36 heavy (non-hydrogen) atoms. The second-order valence-electron chi connectivity index (χ2n) is 10.1. The minimum Gasteiger partial charge on any atom is -0.487 e. The van der Waals surface area contributed by atoms with Gasteiger partial charge in [-0.2, -0.15) is 0 Å². The highest BCUT2D eigenvalue weighted by Gasteiger charge is 2.41. The van der Waals surface area contributed by atoms with E-state index < -0.39 is 30.1 Å². The van der Waals surface area contributed by atoms with Crippen molar-refractivity contribution in [3.8, 4) is 5.75 Å². The van der Waals surface area contributed by atoms with Crippen molar-refractivity contribution in [3.05, 3.63) is 36.0 Å². The Hall–Kier alpha value is -3.36. The van der Waals surface area contributed by atoms with E-state index in [4.69, 9.17) is 14.5 Å². The van der Waals surface area contributed by atoms with Crippen molar-refractivity contribution in [2.24, 2.45) is 5.92 Å². The molecule has 2 fully saturated rings. The number of para-hydroxylation sites is 1. The fraction of sp³-hybridized carbons (Fsp3) is 0.556. The summed E-state index contributed by atoms with van der Waals surface area (Å²) in [6.07, 6.45) is 6.62. The third-order valence-electron chi connectivity index (χ3n) is 7.65. The number of nitrogens with zero attached hydrogens (tertiary/aromatic N) is 2. The monoisotopic (exact) mass is 495 g/mol. The first-order chi connectivity index (χ1) is 17.5. The Balaban J connectivity index is 1.40. The number of aromatic nitrogens is 1. The predicted molar refractivity (Wildman–Crippen MR) is 132 cm³/mol. The maximum Gasteiger partial charge on any atom is 0.407 e. The molecule has 5 rings (SSSR count). The first-order valence-corrected chi connectivity index (χ1v) is 13.0. The van der Waals surface area contributed by atoms with Gasteiger partial charge >= 0.3 is 12.1 Å². The molecule has 0 radical (unpaired) electrons. The van der Waals surface area contributed by atoms with Crippen LogP contribution >= 0.6 is 0 Å². The number of hydrogen-bond donors (Lipinski definition) is 2. The normalized spacial score (nSPS) is 27.7. The number of aryl methyl sites for hydroxylation is 1. The van der Waals surface area contributed by atoms with E-state index in [1.807, 2.05) is 30.3 Å². The molecule has 9 nitrogen and oxygen atoms in total. The average Bonchev–Trinajstić information content (AvgIpc) is 3.49. The molecule has 1 aromatic heterocycles. The van der Waals surface area contributed by atoms with Gasteiger partial charge in [-0.1, -0.05) is 31.0 Å². The molecule has 2 bridgehead atoms. The van der Waals surface area contributed by atoms with Crippen molar-refractivity contribution in [1.29, 1.82) is 0 Å². The Morgan fingerprint density at radius 1 is 1.06 bits per heavy atom. The van der Waals surface area contributed by atoms with Crippen molar-refractivity contribution in [2.45, 2.75) is 76.0 Å². The topological polar surface area (TPSA) is 118 Å². The van der Waals surface area contributed by atoms with Crippen molar-refractivity contribution < 1.29 is 29.0 Å². The van der Waals surface area contributed by atoms with Crippen molar-refractivity contribution in [3.63, 3.8) is 0 Å². The minimum absolute atomic E-state index is 0.128. The fourth-order valence-corrected chi connectivity index (χ4v) is 5.78. The molecule has 1 saturated heterocycles. The number of pyridine rings is 1. The zero-order valence-corrected chi connectivity index (χ0v) is 20.4. The highest BCUT2D eigenvalue weighted by molar-refractivity contribution is 5.87. The van der Waals surface area contributed by atoms with Gasteiger partial charge in [0, 0.05) is 11.8 Å². The minimum atomic E-state index is -1.09. The van der Waals surface area contributed by atoms with Gasteiger partial charge in [0.05, 0.1) is 17.8 Å². The zero-order chi connectivity index (χ0) is 25.1. The molecule has 0 spiro atoms. The van der Waals surface area contributed by atoms with Crippen LogP contribution in [0, 0.1) is 5.92 Å². The van der Waals surface area contributed by atoms with Crippen LogP contribution in [0.25, 0.3) is 10.9 Å². The quantitative estimate of drug-likeness (QED) is 0.620. The van der Waals surface area contributed by atoms with Gasteiger partial charge in [0.1, 0.15) is 30.5 Å². The summed E-state index contributed by atoms with van der Waals surface area (Å²) in [6, 6.07) is 8.81. The number of carbonyl (C=O) groups is 3. The van der Waals surface area contributed by atoms with Gasteiger partial charge in [-0.15, -0.1) is 0 Å². The van der Waals surface area contributed by atoms with E-state index in [1.54, 1.807) is 0 Å². The first-order valence-electron chi connectivity index (χ1n) is 13.0. The molecule has 4 atom stereocenters. The molecule has 2 amide bonds. The van der Waals surface area contributed by atoms with Gasteiger partial charge in [0.2, 0.25) is 5.91 Å². The molecular formula is C27H33N3O6. The summed E-state index contributed by atoms with van der Waals surface area (Å²) in [5.41, 5.74) is 1.76. The van der Waals surface area contributed by atoms with E-state index in [9.17, 15) is 19.5 Å². The molecule has 2 N–H and O–H groups in total. The summed E-state index contributed by atoms with van der Waals surface area (Å²) >= 11 is 0. The maximum absolute atomic E-state index is 12.9. The van der Waals surface area contributed by atoms with Gasteiger partial charge in [-0.05, 0) is 56.6 Å².